The van der Waals surface area contributed by atoms with Crippen molar-refractivity contribution in [2.45, 2.75) is 45.3 Å². The fourth-order valence-electron chi connectivity index (χ4n) is 4.36. The van der Waals surface area contributed by atoms with E-state index in [2.05, 4.69) is 5.32 Å². The second-order valence-electron chi connectivity index (χ2n) is 8.49. The van der Waals surface area contributed by atoms with Crippen LogP contribution in [0.15, 0.2) is 42.0 Å². The lowest BCUT2D eigenvalue weighted by Crippen LogP contribution is -2.57. The Morgan fingerprint density at radius 2 is 1.92 bits per heavy atom. The van der Waals surface area contributed by atoms with Crippen molar-refractivity contribution < 1.29 is 33.8 Å². The van der Waals surface area contributed by atoms with Gasteiger partial charge in [-0.25, -0.2) is 9.59 Å². The number of benzene rings is 2. The van der Waals surface area contributed by atoms with Crippen LogP contribution < -0.4 is 14.8 Å². The number of rotatable bonds is 8. The summed E-state index contributed by atoms with van der Waals surface area (Å²) in [5, 5.41) is 11.6. The van der Waals surface area contributed by atoms with Crippen LogP contribution in [-0.2, 0) is 16.2 Å². The molecule has 1 saturated carbocycles. The van der Waals surface area contributed by atoms with Crippen LogP contribution in [0.25, 0.3) is 6.08 Å². The minimum Gasteiger partial charge on any atom is -0.490 e. The Hall–Kier alpha value is -3.85. The fourth-order valence-corrected chi connectivity index (χ4v) is 4.63. The van der Waals surface area contributed by atoms with Gasteiger partial charge in [-0.2, -0.15) is 0 Å². The van der Waals surface area contributed by atoms with Gasteiger partial charge in [-0.05, 0) is 61.2 Å². The highest BCUT2D eigenvalue weighted by molar-refractivity contribution is 6.33. The van der Waals surface area contributed by atoms with Crippen molar-refractivity contribution in [3.8, 4) is 11.5 Å². The SMILES string of the molecule is CCOc1cc(/C=C2\C(=O)NC(=O)N(C3CCCC3)C2=O)cc(Cl)c1OCc1cccc(C(=O)O)c1. The average Bonchev–Trinajstić information content (AvgIpc) is 3.36. The van der Waals surface area contributed by atoms with Crippen LogP contribution in [-0.4, -0.2) is 46.5 Å². The summed E-state index contributed by atoms with van der Waals surface area (Å²) in [5.74, 6) is -1.92. The number of carboxylic acids is 1. The van der Waals surface area contributed by atoms with Gasteiger partial charge in [-0.3, -0.25) is 19.8 Å². The predicted molar refractivity (Wildman–Crippen MR) is 131 cm³/mol. The first-order valence-corrected chi connectivity index (χ1v) is 12.0. The number of carbonyl (C=O) groups excluding carboxylic acids is 3. The summed E-state index contributed by atoms with van der Waals surface area (Å²) in [7, 11) is 0. The van der Waals surface area contributed by atoms with Gasteiger partial charge < -0.3 is 14.6 Å². The van der Waals surface area contributed by atoms with E-state index in [4.69, 9.17) is 21.1 Å². The molecule has 36 heavy (non-hydrogen) atoms. The van der Waals surface area contributed by atoms with Crippen LogP contribution in [0.3, 0.4) is 0 Å². The number of amides is 4. The molecule has 9 nitrogen and oxygen atoms in total. The van der Waals surface area contributed by atoms with E-state index < -0.39 is 23.8 Å². The van der Waals surface area contributed by atoms with Gasteiger partial charge in [0, 0.05) is 6.04 Å². The lowest BCUT2D eigenvalue weighted by atomic mass is 10.0. The zero-order chi connectivity index (χ0) is 25.8. The number of ether oxygens (including phenoxy) is 2. The topological polar surface area (TPSA) is 122 Å². The summed E-state index contributed by atoms with van der Waals surface area (Å²) in [6.07, 6.45) is 4.64. The largest absolute Gasteiger partial charge is 0.490 e. The molecule has 1 aliphatic heterocycles. The predicted octanol–water partition coefficient (Wildman–Crippen LogP) is 4.42. The molecule has 1 aliphatic carbocycles. The minimum absolute atomic E-state index is 0.0424. The molecule has 2 aromatic carbocycles. The lowest BCUT2D eigenvalue weighted by Gasteiger charge is -2.31. The molecule has 1 saturated heterocycles. The Bertz CT molecular complexity index is 1250. The first kappa shape index (κ1) is 25.2. The number of nitrogens with zero attached hydrogens (tertiary/aromatic N) is 1. The molecule has 2 fully saturated rings. The van der Waals surface area contributed by atoms with Gasteiger partial charge in [0.15, 0.2) is 11.5 Å². The maximum atomic E-state index is 13.1. The third-order valence-corrected chi connectivity index (χ3v) is 6.30. The van der Waals surface area contributed by atoms with Crippen molar-refractivity contribution in [1.82, 2.24) is 10.2 Å². The zero-order valence-electron chi connectivity index (χ0n) is 19.6. The first-order valence-electron chi connectivity index (χ1n) is 11.6. The smallest absolute Gasteiger partial charge is 0.335 e. The van der Waals surface area contributed by atoms with Crippen molar-refractivity contribution in [1.29, 1.82) is 0 Å². The van der Waals surface area contributed by atoms with Crippen molar-refractivity contribution >= 4 is 41.5 Å². The van der Waals surface area contributed by atoms with E-state index in [1.807, 2.05) is 0 Å². The van der Waals surface area contributed by atoms with Crippen LogP contribution in [0.5, 0.6) is 11.5 Å². The van der Waals surface area contributed by atoms with Gasteiger partial charge in [0.1, 0.15) is 12.2 Å². The highest BCUT2D eigenvalue weighted by Gasteiger charge is 2.40. The normalized spacial score (nSPS) is 17.4. The molecule has 0 spiro atoms. The Labute approximate surface area is 212 Å². The summed E-state index contributed by atoms with van der Waals surface area (Å²) in [4.78, 5) is 50.3. The molecule has 188 valence electrons. The average molecular weight is 513 g/mol. The zero-order valence-corrected chi connectivity index (χ0v) is 20.3. The van der Waals surface area contributed by atoms with Gasteiger partial charge in [-0.15, -0.1) is 0 Å². The number of urea groups is 1. The quantitative estimate of drug-likeness (QED) is 0.396. The summed E-state index contributed by atoms with van der Waals surface area (Å²) >= 11 is 6.49. The number of aromatic carboxylic acids is 1. The van der Waals surface area contributed by atoms with Gasteiger partial charge >= 0.3 is 12.0 Å². The van der Waals surface area contributed by atoms with E-state index in [0.717, 1.165) is 17.7 Å². The summed E-state index contributed by atoms with van der Waals surface area (Å²) in [5.41, 5.74) is 1.01. The molecular weight excluding hydrogens is 488 g/mol. The molecule has 0 aromatic heterocycles. The lowest BCUT2D eigenvalue weighted by molar-refractivity contribution is -0.131. The van der Waals surface area contributed by atoms with Crippen LogP contribution in [0.2, 0.25) is 5.02 Å². The van der Waals surface area contributed by atoms with E-state index in [-0.39, 0.29) is 34.6 Å². The molecule has 0 bridgehead atoms. The van der Waals surface area contributed by atoms with Crippen LogP contribution in [0, 0.1) is 0 Å². The minimum atomic E-state index is -1.04. The van der Waals surface area contributed by atoms with Gasteiger partial charge in [0.25, 0.3) is 11.8 Å². The van der Waals surface area contributed by atoms with Crippen LogP contribution in [0.1, 0.15) is 54.1 Å². The molecule has 2 N–H and O–H groups in total. The monoisotopic (exact) mass is 512 g/mol. The highest BCUT2D eigenvalue weighted by atomic mass is 35.5. The Balaban J connectivity index is 1.61. The molecule has 0 unspecified atom stereocenters. The van der Waals surface area contributed by atoms with E-state index in [1.54, 1.807) is 25.1 Å². The molecule has 2 aliphatic rings. The summed E-state index contributed by atoms with van der Waals surface area (Å²) in [6.45, 7) is 2.12. The highest BCUT2D eigenvalue weighted by Crippen LogP contribution is 2.38. The van der Waals surface area contributed by atoms with E-state index in [0.29, 0.717) is 36.3 Å². The third-order valence-electron chi connectivity index (χ3n) is 6.02. The first-order chi connectivity index (χ1) is 17.3. The Morgan fingerprint density at radius 1 is 1.17 bits per heavy atom. The maximum absolute atomic E-state index is 13.1. The van der Waals surface area contributed by atoms with Crippen LogP contribution >= 0.6 is 11.6 Å². The number of carboxylic acid groups (broad SMARTS) is 1. The van der Waals surface area contributed by atoms with Gasteiger partial charge in [0.05, 0.1) is 17.2 Å². The Kier molecular flexibility index (Phi) is 7.59. The molecular formula is C26H25ClN2O7. The van der Waals surface area contributed by atoms with Gasteiger partial charge in [0.2, 0.25) is 0 Å². The number of barbiturate groups is 1. The van der Waals surface area contributed by atoms with E-state index in [1.165, 1.54) is 24.3 Å². The molecule has 4 amide bonds. The van der Waals surface area contributed by atoms with Gasteiger partial charge in [-0.1, -0.05) is 36.6 Å². The number of nitrogens with one attached hydrogen (secondary N) is 1. The number of hydrogen-bond acceptors (Lipinski definition) is 6. The Morgan fingerprint density at radius 3 is 2.61 bits per heavy atom. The van der Waals surface area contributed by atoms with Crippen molar-refractivity contribution in [2.75, 3.05) is 6.61 Å². The van der Waals surface area contributed by atoms with Crippen LogP contribution in [0.4, 0.5) is 4.79 Å². The standard InChI is InChI=1S/C26H25ClN2O7/c1-2-35-21-13-16(11-19-23(30)28-26(34)29(24(19)31)18-8-3-4-9-18)12-20(27)22(21)36-14-15-6-5-7-17(10-15)25(32)33/h5-7,10-13,18H,2-4,8-9,14H2,1H3,(H,32,33)(H,28,30,34)/b19-11+. The fraction of sp³-hybridized carbons (Fsp3) is 0.308. The third kappa shape index (κ3) is 5.36. The maximum Gasteiger partial charge on any atom is 0.335 e. The molecule has 1 heterocycles. The number of halogens is 1. The molecule has 0 atom stereocenters. The van der Waals surface area contributed by atoms with Crippen molar-refractivity contribution in [3.63, 3.8) is 0 Å². The van der Waals surface area contributed by atoms with Crippen molar-refractivity contribution in [3.05, 3.63) is 63.7 Å². The molecule has 0 radical (unpaired) electrons. The van der Waals surface area contributed by atoms with Crippen molar-refractivity contribution in [2.24, 2.45) is 0 Å². The second-order valence-corrected chi connectivity index (χ2v) is 8.90. The summed E-state index contributed by atoms with van der Waals surface area (Å²) < 4.78 is 11.5. The molecule has 2 aromatic rings. The van der Waals surface area contributed by atoms with E-state index in [9.17, 15) is 24.3 Å². The second kappa shape index (κ2) is 10.8. The number of carbonyl (C=O) groups is 4. The van der Waals surface area contributed by atoms with E-state index >= 15 is 0 Å². The summed E-state index contributed by atoms with van der Waals surface area (Å²) in [6, 6.07) is 8.51. The molecule has 4 rings (SSSR count). The number of imide groups is 2. The molecule has 10 heteroatoms. The number of hydrogen-bond donors (Lipinski definition) is 2.